The van der Waals surface area contributed by atoms with Crippen molar-refractivity contribution in [2.75, 3.05) is 5.43 Å². The van der Waals surface area contributed by atoms with Gasteiger partial charge >= 0.3 is 12.4 Å². The van der Waals surface area contributed by atoms with Gasteiger partial charge in [-0.2, -0.15) is 26.3 Å². The molecule has 1 aromatic rings. The van der Waals surface area contributed by atoms with E-state index in [0.717, 1.165) is 0 Å². The lowest BCUT2D eigenvalue weighted by molar-refractivity contribution is -0.376. The van der Waals surface area contributed by atoms with E-state index in [-0.39, 0.29) is 17.8 Å². The summed E-state index contributed by atoms with van der Waals surface area (Å²) in [5.74, 6) is 4.96. The number of aliphatic hydroxyl groups is 1. The van der Waals surface area contributed by atoms with Crippen molar-refractivity contribution >= 4 is 28.9 Å². The topological polar surface area (TPSA) is 58.3 Å². The lowest BCUT2D eigenvalue weighted by atomic mass is 9.92. The number of nitrogen functional groups attached to an aromatic ring is 1. The lowest BCUT2D eigenvalue weighted by Crippen LogP contribution is -2.53. The summed E-state index contributed by atoms with van der Waals surface area (Å²) in [6.07, 6.45) is -12.0. The van der Waals surface area contributed by atoms with E-state index < -0.39 is 33.6 Å². The van der Waals surface area contributed by atoms with Crippen LogP contribution in [0.25, 0.3) is 0 Å². The highest BCUT2D eigenvalue weighted by Crippen LogP contribution is 2.51. The van der Waals surface area contributed by atoms with Crippen molar-refractivity contribution in [1.29, 1.82) is 0 Å². The number of halogens is 8. The van der Waals surface area contributed by atoms with Crippen molar-refractivity contribution < 1.29 is 31.4 Å². The minimum absolute atomic E-state index is 0.274. The molecule has 20 heavy (non-hydrogen) atoms. The lowest BCUT2D eigenvalue weighted by Gasteiger charge is -2.33. The van der Waals surface area contributed by atoms with Crippen LogP contribution in [0.15, 0.2) is 12.1 Å². The second-order valence-electron chi connectivity index (χ2n) is 3.67. The van der Waals surface area contributed by atoms with Crippen molar-refractivity contribution in [2.45, 2.75) is 18.0 Å². The predicted octanol–water partition coefficient (Wildman–Crippen LogP) is 3.59. The highest BCUT2D eigenvalue weighted by atomic mass is 35.5. The van der Waals surface area contributed by atoms with E-state index in [1.54, 1.807) is 0 Å². The van der Waals surface area contributed by atoms with Gasteiger partial charge in [0.25, 0.3) is 5.60 Å². The molecule has 0 amide bonds. The Hall–Kier alpha value is -0.900. The molecule has 1 aromatic carbocycles. The fourth-order valence-electron chi connectivity index (χ4n) is 1.41. The molecule has 0 aliphatic heterocycles. The molecule has 4 N–H and O–H groups in total. The van der Waals surface area contributed by atoms with Crippen LogP contribution in [0.5, 0.6) is 0 Å². The second kappa shape index (κ2) is 5.14. The number of rotatable bonds is 2. The first-order valence-electron chi connectivity index (χ1n) is 4.68. The molecule has 0 spiro atoms. The zero-order chi connectivity index (χ0) is 15.9. The standard InChI is InChI=1S/C9H6Cl2F6N2O/c10-4-1-3(2-5(11)6(4)19-18)7(20,8(12,13)14)9(15,16)17/h1-2,19-20H,18H2. The van der Waals surface area contributed by atoms with Gasteiger partial charge in [-0.05, 0) is 12.1 Å². The van der Waals surface area contributed by atoms with Crippen molar-refractivity contribution in [3.05, 3.63) is 27.7 Å². The molecule has 11 heteroatoms. The second-order valence-corrected chi connectivity index (χ2v) is 4.48. The number of benzene rings is 1. The van der Waals surface area contributed by atoms with Crippen LogP contribution in [0.4, 0.5) is 32.0 Å². The van der Waals surface area contributed by atoms with Crippen LogP contribution < -0.4 is 11.3 Å². The average molecular weight is 343 g/mol. The first kappa shape index (κ1) is 17.2. The van der Waals surface area contributed by atoms with Gasteiger partial charge in [0.15, 0.2) is 0 Å². The molecule has 0 aromatic heterocycles. The molecule has 0 saturated heterocycles. The smallest absolute Gasteiger partial charge is 0.369 e. The van der Waals surface area contributed by atoms with Gasteiger partial charge < -0.3 is 10.5 Å². The van der Waals surface area contributed by atoms with Crippen molar-refractivity contribution in [2.24, 2.45) is 5.84 Å². The first-order chi connectivity index (χ1) is 8.86. The van der Waals surface area contributed by atoms with Gasteiger partial charge in [-0.15, -0.1) is 0 Å². The van der Waals surface area contributed by atoms with E-state index in [1.165, 1.54) is 0 Å². The predicted molar refractivity (Wildman–Crippen MR) is 60.3 cm³/mol. The molecule has 0 fully saturated rings. The van der Waals surface area contributed by atoms with Gasteiger partial charge in [-0.3, -0.25) is 5.84 Å². The Bertz CT molecular complexity index is 479. The maximum atomic E-state index is 12.6. The van der Waals surface area contributed by atoms with Gasteiger partial charge in [0.05, 0.1) is 15.7 Å². The summed E-state index contributed by atoms with van der Waals surface area (Å²) in [4.78, 5) is 0. The maximum Gasteiger partial charge on any atom is 0.430 e. The van der Waals surface area contributed by atoms with E-state index in [9.17, 15) is 26.3 Å². The quantitative estimate of drug-likeness (QED) is 0.437. The zero-order valence-electron chi connectivity index (χ0n) is 9.20. The van der Waals surface area contributed by atoms with Crippen LogP contribution in [0.1, 0.15) is 5.56 Å². The van der Waals surface area contributed by atoms with Crippen LogP contribution in [0.2, 0.25) is 10.0 Å². The van der Waals surface area contributed by atoms with Crippen LogP contribution in [0.3, 0.4) is 0 Å². The number of nitrogens with one attached hydrogen (secondary N) is 1. The molecule has 114 valence electrons. The Morgan fingerprint density at radius 2 is 1.30 bits per heavy atom. The molecule has 0 bridgehead atoms. The maximum absolute atomic E-state index is 12.6. The SMILES string of the molecule is NNc1c(Cl)cc(C(O)(C(F)(F)F)C(F)(F)F)cc1Cl. The van der Waals surface area contributed by atoms with Crippen molar-refractivity contribution in [3.8, 4) is 0 Å². The van der Waals surface area contributed by atoms with Crippen LogP contribution in [0, 0.1) is 0 Å². The Kier molecular flexibility index (Phi) is 4.41. The summed E-state index contributed by atoms with van der Waals surface area (Å²) < 4.78 is 75.8. The highest BCUT2D eigenvalue weighted by molar-refractivity contribution is 6.39. The summed E-state index contributed by atoms with van der Waals surface area (Å²) in [5.41, 5.74) is -5.02. The Balaban J connectivity index is 3.61. The molecule has 0 atom stereocenters. The van der Waals surface area contributed by atoms with E-state index >= 15 is 0 Å². The summed E-state index contributed by atoms with van der Waals surface area (Å²) >= 11 is 10.9. The Labute approximate surface area is 118 Å². The number of nitrogens with two attached hydrogens (primary N) is 1. The third-order valence-corrected chi connectivity index (χ3v) is 3.02. The third kappa shape index (κ3) is 2.62. The summed E-state index contributed by atoms with van der Waals surface area (Å²) in [7, 11) is 0. The summed E-state index contributed by atoms with van der Waals surface area (Å²) in [6.45, 7) is 0. The molecule has 1 rings (SSSR count). The van der Waals surface area contributed by atoms with Crippen molar-refractivity contribution in [1.82, 2.24) is 0 Å². The average Bonchev–Trinajstić information content (AvgIpc) is 2.24. The van der Waals surface area contributed by atoms with E-state index in [1.807, 2.05) is 5.43 Å². The van der Waals surface area contributed by atoms with E-state index in [2.05, 4.69) is 0 Å². The Morgan fingerprint density at radius 3 is 1.55 bits per heavy atom. The summed E-state index contributed by atoms with van der Waals surface area (Å²) in [6, 6.07) is 0.563. The molecular formula is C9H6Cl2F6N2O. The van der Waals surface area contributed by atoms with Gasteiger partial charge in [-0.25, -0.2) is 0 Å². The van der Waals surface area contributed by atoms with Gasteiger partial charge in [-0.1, -0.05) is 23.2 Å². The van der Waals surface area contributed by atoms with Crippen molar-refractivity contribution in [3.63, 3.8) is 0 Å². The minimum atomic E-state index is -6.02. The van der Waals surface area contributed by atoms with Gasteiger partial charge in [0, 0.05) is 5.56 Å². The molecule has 0 saturated carbocycles. The fraction of sp³-hybridized carbons (Fsp3) is 0.333. The van der Waals surface area contributed by atoms with Crippen LogP contribution in [-0.4, -0.2) is 17.5 Å². The number of alkyl halides is 6. The van der Waals surface area contributed by atoms with Crippen LogP contribution in [-0.2, 0) is 5.60 Å². The molecule has 3 nitrogen and oxygen atoms in total. The molecule has 0 aliphatic carbocycles. The molecule has 0 heterocycles. The number of hydrazine groups is 1. The molecular weight excluding hydrogens is 337 g/mol. The van der Waals surface area contributed by atoms with E-state index in [4.69, 9.17) is 34.2 Å². The normalized spacial score (nSPS) is 13.5. The molecule has 0 radical (unpaired) electrons. The number of hydrogen-bond acceptors (Lipinski definition) is 3. The van der Waals surface area contributed by atoms with Gasteiger partial charge in [0.1, 0.15) is 0 Å². The fourth-order valence-corrected chi connectivity index (χ4v) is 2.00. The molecule has 0 aliphatic rings. The largest absolute Gasteiger partial charge is 0.430 e. The first-order valence-corrected chi connectivity index (χ1v) is 5.43. The summed E-state index contributed by atoms with van der Waals surface area (Å²) in [5, 5.41) is 7.93. The zero-order valence-corrected chi connectivity index (χ0v) is 10.7. The van der Waals surface area contributed by atoms with Crippen LogP contribution >= 0.6 is 23.2 Å². The monoisotopic (exact) mass is 342 g/mol. The third-order valence-electron chi connectivity index (χ3n) is 2.42. The number of hydrogen-bond donors (Lipinski definition) is 3. The highest BCUT2D eigenvalue weighted by Gasteiger charge is 2.71. The minimum Gasteiger partial charge on any atom is -0.369 e. The van der Waals surface area contributed by atoms with Gasteiger partial charge in [0.2, 0.25) is 0 Å². The number of anilines is 1. The van der Waals surface area contributed by atoms with E-state index in [0.29, 0.717) is 0 Å². The molecule has 0 unspecified atom stereocenters. The Morgan fingerprint density at radius 1 is 0.950 bits per heavy atom.